The topological polar surface area (TPSA) is 70.8 Å². The first-order chi connectivity index (χ1) is 17.1. The Balaban J connectivity index is 2.02. The first-order valence-corrected chi connectivity index (χ1v) is 15.0. The maximum Gasteiger partial charge on any atom is 0.305 e. The lowest BCUT2D eigenvalue weighted by atomic mass is 10.0. The summed E-state index contributed by atoms with van der Waals surface area (Å²) in [5, 5.41) is 3.78. The van der Waals surface area contributed by atoms with Gasteiger partial charge in [0.2, 0.25) is 0 Å². The number of alkyl halides is 1. The smallest absolute Gasteiger partial charge is 0.305 e. The van der Waals surface area contributed by atoms with E-state index in [0.717, 1.165) is 19.3 Å². The van der Waals surface area contributed by atoms with Gasteiger partial charge in [0.05, 0.1) is 6.61 Å². The molecule has 1 rings (SSSR count). The molecule has 0 N–H and O–H groups in total. The zero-order valence-corrected chi connectivity index (χ0v) is 23.9. The third-order valence-electron chi connectivity index (χ3n) is 6.06. The average Bonchev–Trinajstić information content (AvgIpc) is 3.35. The van der Waals surface area contributed by atoms with Gasteiger partial charge in [0.25, 0.3) is 5.88 Å². The van der Waals surface area contributed by atoms with Gasteiger partial charge in [-0.15, -0.1) is 0 Å². The Bertz CT molecular complexity index is 582. The Morgan fingerprint density at radius 3 is 2.06 bits per heavy atom. The zero-order chi connectivity index (χ0) is 25.4. The quantitative estimate of drug-likeness (QED) is 0.0679. The van der Waals surface area contributed by atoms with Crippen LogP contribution in [0.5, 0.6) is 5.88 Å². The second-order valence-electron chi connectivity index (χ2n) is 9.60. The van der Waals surface area contributed by atoms with Crippen LogP contribution in [0.1, 0.15) is 123 Å². The summed E-state index contributed by atoms with van der Waals surface area (Å²) < 4.78 is 21.8. The van der Waals surface area contributed by atoms with E-state index >= 15 is 0 Å². The molecule has 0 saturated carbocycles. The Hall–Kier alpha value is -1.08. The minimum absolute atomic E-state index is 0.147. The molecule has 0 bridgehead atoms. The molecule has 1 aromatic rings. The van der Waals surface area contributed by atoms with Crippen LogP contribution in [0.4, 0.5) is 0 Å². The van der Waals surface area contributed by atoms with Gasteiger partial charge < -0.3 is 18.7 Å². The summed E-state index contributed by atoms with van der Waals surface area (Å²) in [6, 6.07) is 1.64. The van der Waals surface area contributed by atoms with E-state index in [0.29, 0.717) is 30.3 Å². The highest BCUT2D eigenvalue weighted by Gasteiger charge is 2.16. The van der Waals surface area contributed by atoms with Crippen molar-refractivity contribution in [1.29, 1.82) is 0 Å². The Kier molecular flexibility index (Phi) is 21.3. The molecule has 0 spiro atoms. The number of rotatable bonds is 25. The van der Waals surface area contributed by atoms with Crippen molar-refractivity contribution in [2.24, 2.45) is 0 Å². The van der Waals surface area contributed by atoms with Crippen molar-refractivity contribution in [1.82, 2.24) is 5.16 Å². The van der Waals surface area contributed by atoms with Gasteiger partial charge in [-0.1, -0.05) is 113 Å². The Labute approximate surface area is 222 Å². The molecule has 1 heterocycles. The summed E-state index contributed by atoms with van der Waals surface area (Å²) in [6.45, 7) is 5.54. The van der Waals surface area contributed by atoms with Gasteiger partial charge in [0.15, 0.2) is 6.10 Å². The van der Waals surface area contributed by atoms with E-state index in [1.807, 2.05) is 0 Å². The number of ether oxygens (including phenoxy) is 3. The van der Waals surface area contributed by atoms with Crippen LogP contribution in [-0.4, -0.2) is 41.9 Å². The lowest BCUT2D eigenvalue weighted by molar-refractivity contribution is -0.147. The second kappa shape index (κ2) is 23.3. The maximum absolute atomic E-state index is 12.0. The maximum atomic E-state index is 12.0. The van der Waals surface area contributed by atoms with Gasteiger partial charge in [-0.05, 0) is 24.4 Å². The molecular formula is C28H50BrNO5. The van der Waals surface area contributed by atoms with Crippen LogP contribution in [0.25, 0.3) is 0 Å². The molecule has 35 heavy (non-hydrogen) atoms. The van der Waals surface area contributed by atoms with Crippen molar-refractivity contribution in [2.45, 2.75) is 134 Å². The lowest BCUT2D eigenvalue weighted by Crippen LogP contribution is -2.30. The van der Waals surface area contributed by atoms with E-state index in [4.69, 9.17) is 18.7 Å². The SMILES string of the molecule is CCCCCCCCCCCCCCCCOCC(COC(=O)CCCC(C)Br)Oc1ccon1. The molecular weight excluding hydrogens is 510 g/mol. The van der Waals surface area contributed by atoms with Gasteiger partial charge in [0.1, 0.15) is 12.9 Å². The average molecular weight is 561 g/mol. The summed E-state index contributed by atoms with van der Waals surface area (Å²) >= 11 is 3.49. The van der Waals surface area contributed by atoms with Gasteiger partial charge >= 0.3 is 5.97 Å². The number of halogens is 1. The van der Waals surface area contributed by atoms with Gasteiger partial charge in [-0.3, -0.25) is 4.79 Å². The number of nitrogens with zero attached hydrogens (tertiary/aromatic N) is 1. The molecule has 0 radical (unpaired) electrons. The number of esters is 1. The van der Waals surface area contributed by atoms with Crippen molar-refractivity contribution in [3.63, 3.8) is 0 Å². The molecule has 0 fully saturated rings. The van der Waals surface area contributed by atoms with Crippen LogP contribution >= 0.6 is 15.9 Å². The van der Waals surface area contributed by atoms with Crippen molar-refractivity contribution < 1.29 is 23.5 Å². The van der Waals surface area contributed by atoms with Crippen molar-refractivity contribution >= 4 is 21.9 Å². The lowest BCUT2D eigenvalue weighted by Gasteiger charge is -2.17. The normalized spacial score (nSPS) is 13.0. The first kappa shape index (κ1) is 31.9. The second-order valence-corrected chi connectivity index (χ2v) is 11.2. The van der Waals surface area contributed by atoms with E-state index in [2.05, 4.69) is 34.9 Å². The molecule has 6 nitrogen and oxygen atoms in total. The highest BCUT2D eigenvalue weighted by Crippen LogP contribution is 2.14. The fraction of sp³-hybridized carbons (Fsp3) is 0.857. The predicted octanol–water partition coefficient (Wildman–Crippen LogP) is 8.42. The molecule has 0 amide bonds. The summed E-state index contributed by atoms with van der Waals surface area (Å²) in [5.74, 6) is 0.165. The number of hydrogen-bond donors (Lipinski definition) is 0. The minimum atomic E-state index is -0.397. The summed E-state index contributed by atoms with van der Waals surface area (Å²) in [5.41, 5.74) is 0. The largest absolute Gasteiger partial charge is 0.466 e. The Morgan fingerprint density at radius 2 is 1.51 bits per heavy atom. The van der Waals surface area contributed by atoms with E-state index in [1.165, 1.54) is 89.7 Å². The fourth-order valence-corrected chi connectivity index (χ4v) is 4.27. The van der Waals surface area contributed by atoms with E-state index in [1.54, 1.807) is 6.07 Å². The summed E-state index contributed by atoms with van der Waals surface area (Å²) in [7, 11) is 0. The van der Waals surface area contributed by atoms with Gasteiger partial charge in [-0.2, -0.15) is 0 Å². The third-order valence-corrected chi connectivity index (χ3v) is 6.52. The minimum Gasteiger partial charge on any atom is -0.466 e. The molecule has 1 aromatic heterocycles. The van der Waals surface area contributed by atoms with Crippen LogP contribution in [0, 0.1) is 0 Å². The number of unbranched alkanes of at least 4 members (excludes halogenated alkanes) is 13. The summed E-state index contributed by atoms with van der Waals surface area (Å²) in [6.07, 6.45) is 22.0. The molecule has 204 valence electrons. The molecule has 0 aromatic carbocycles. The number of aromatic nitrogens is 1. The standard InChI is InChI=1S/C28H50BrNO5/c1-3-4-5-6-7-8-9-10-11-12-13-14-15-16-21-32-23-26(35-27-20-22-34-30-27)24-33-28(31)19-17-18-25(2)29/h20,22,25-26H,3-19,21,23-24H2,1-2H3. The molecule has 0 aliphatic carbocycles. The highest BCUT2D eigenvalue weighted by atomic mass is 79.9. The van der Waals surface area contributed by atoms with Crippen LogP contribution < -0.4 is 4.74 Å². The predicted molar refractivity (Wildman–Crippen MR) is 145 cm³/mol. The van der Waals surface area contributed by atoms with E-state index < -0.39 is 6.10 Å². The molecule has 0 aliphatic rings. The third kappa shape index (κ3) is 20.8. The highest BCUT2D eigenvalue weighted by molar-refractivity contribution is 9.09. The fourth-order valence-electron chi connectivity index (χ4n) is 3.95. The molecule has 2 atom stereocenters. The number of hydrogen-bond acceptors (Lipinski definition) is 6. The van der Waals surface area contributed by atoms with Crippen LogP contribution in [0.15, 0.2) is 16.9 Å². The molecule has 2 unspecified atom stereocenters. The van der Waals surface area contributed by atoms with E-state index in [9.17, 15) is 4.79 Å². The van der Waals surface area contributed by atoms with Crippen molar-refractivity contribution in [3.8, 4) is 5.88 Å². The van der Waals surface area contributed by atoms with Gasteiger partial charge in [0, 0.05) is 23.9 Å². The molecule has 0 saturated heterocycles. The molecule has 7 heteroatoms. The number of carbonyl (C=O) groups excluding carboxylic acids is 1. The van der Waals surface area contributed by atoms with E-state index in [-0.39, 0.29) is 12.6 Å². The zero-order valence-electron chi connectivity index (χ0n) is 22.3. The monoisotopic (exact) mass is 559 g/mol. The Morgan fingerprint density at radius 1 is 0.914 bits per heavy atom. The van der Waals surface area contributed by atoms with Crippen molar-refractivity contribution in [3.05, 3.63) is 12.3 Å². The van der Waals surface area contributed by atoms with Crippen molar-refractivity contribution in [2.75, 3.05) is 19.8 Å². The van der Waals surface area contributed by atoms with Crippen LogP contribution in [-0.2, 0) is 14.3 Å². The van der Waals surface area contributed by atoms with Gasteiger partial charge in [-0.25, -0.2) is 0 Å². The molecule has 0 aliphatic heterocycles. The van der Waals surface area contributed by atoms with Crippen LogP contribution in [0.3, 0.4) is 0 Å². The van der Waals surface area contributed by atoms with Crippen LogP contribution in [0.2, 0.25) is 0 Å². The number of carbonyl (C=O) groups is 1. The first-order valence-electron chi connectivity index (χ1n) is 14.1. The summed E-state index contributed by atoms with van der Waals surface area (Å²) in [4.78, 5) is 12.4.